The Balaban J connectivity index is 1.63. The Bertz CT molecular complexity index is 556. The lowest BCUT2D eigenvalue weighted by Gasteiger charge is -2.61. The zero-order valence-electron chi connectivity index (χ0n) is 16.8. The van der Waals surface area contributed by atoms with Crippen LogP contribution in [0.4, 0.5) is 0 Å². The van der Waals surface area contributed by atoms with Crippen LogP contribution in [0.5, 0.6) is 0 Å². The number of hydrogen-bond donors (Lipinski definition) is 1. The molecule has 0 aromatic heterocycles. The fourth-order valence-electron chi connectivity index (χ4n) is 8.34. The molecule has 0 amide bonds. The van der Waals surface area contributed by atoms with Crippen molar-refractivity contribution in [3.63, 3.8) is 0 Å². The van der Waals surface area contributed by atoms with E-state index in [1.54, 1.807) is 0 Å². The van der Waals surface area contributed by atoms with Crippen molar-refractivity contribution in [2.45, 2.75) is 97.5 Å². The van der Waals surface area contributed by atoms with Gasteiger partial charge in [0.2, 0.25) is 0 Å². The van der Waals surface area contributed by atoms with Crippen LogP contribution in [0, 0.1) is 40.4 Å². The number of ketones is 1. The molecule has 4 rings (SSSR count). The first-order valence-electron chi connectivity index (χ1n) is 11.0. The van der Waals surface area contributed by atoms with Gasteiger partial charge in [-0.05, 0) is 85.9 Å². The van der Waals surface area contributed by atoms with Gasteiger partial charge in [0.05, 0.1) is 5.60 Å². The highest BCUT2D eigenvalue weighted by Crippen LogP contribution is 2.68. The number of rotatable bonds is 2. The van der Waals surface area contributed by atoms with Crippen LogP contribution in [-0.2, 0) is 4.79 Å². The van der Waals surface area contributed by atoms with E-state index in [9.17, 15) is 9.90 Å². The van der Waals surface area contributed by atoms with Crippen LogP contribution < -0.4 is 0 Å². The average Bonchev–Trinajstić information content (AvgIpc) is 2.81. The minimum atomic E-state index is -0.426. The predicted octanol–water partition coefficient (Wildman–Crippen LogP) is 5.38. The Hall–Kier alpha value is -0.370. The maximum atomic E-state index is 12.3. The van der Waals surface area contributed by atoms with E-state index >= 15 is 0 Å². The molecule has 4 aliphatic rings. The summed E-state index contributed by atoms with van der Waals surface area (Å²) in [6.45, 7) is 9.31. The van der Waals surface area contributed by atoms with E-state index in [4.69, 9.17) is 0 Å². The summed E-state index contributed by atoms with van der Waals surface area (Å²) in [7, 11) is 0. The van der Waals surface area contributed by atoms with Gasteiger partial charge in [-0.3, -0.25) is 4.79 Å². The van der Waals surface area contributed by atoms with Gasteiger partial charge in [-0.15, -0.1) is 0 Å². The highest BCUT2D eigenvalue weighted by molar-refractivity contribution is 5.82. The maximum Gasteiger partial charge on any atom is 0.136 e. The van der Waals surface area contributed by atoms with E-state index in [0.717, 1.165) is 43.9 Å². The van der Waals surface area contributed by atoms with E-state index in [2.05, 4.69) is 27.7 Å². The lowest BCUT2D eigenvalue weighted by Crippen LogP contribution is -2.57. The monoisotopic (exact) mass is 346 g/mol. The second-order valence-electron chi connectivity index (χ2n) is 10.7. The Labute approximate surface area is 154 Å². The molecular weight excluding hydrogens is 308 g/mol. The first kappa shape index (κ1) is 18.0. The van der Waals surface area contributed by atoms with Crippen LogP contribution in [-0.4, -0.2) is 16.5 Å². The van der Waals surface area contributed by atoms with Crippen LogP contribution in [0.1, 0.15) is 91.9 Å². The number of fused-ring (bicyclic) bond motifs is 5. The van der Waals surface area contributed by atoms with Crippen molar-refractivity contribution in [2.24, 2.45) is 40.4 Å². The molecule has 0 radical (unpaired) electrons. The summed E-state index contributed by atoms with van der Waals surface area (Å²) in [5, 5.41) is 11.5. The van der Waals surface area contributed by atoms with Crippen LogP contribution in [0.3, 0.4) is 0 Å². The standard InChI is InChI=1S/C23H38O2/c1-5-10-23(25)12-9-19-17-7-6-16-13-20(24)15(2)14-21(16,3)18(17)8-11-22(19,23)4/h15-19,25H,5-14H2,1-4H3/t15-,16+,17-,18+,19+,21-,22-,23+/m0/s1. The summed E-state index contributed by atoms with van der Waals surface area (Å²) in [6, 6.07) is 0. The van der Waals surface area contributed by atoms with Crippen LogP contribution in [0.25, 0.3) is 0 Å². The number of carbonyl (C=O) groups excluding carboxylic acids is 1. The molecule has 2 heteroatoms. The quantitative estimate of drug-likeness (QED) is 0.729. The van der Waals surface area contributed by atoms with Gasteiger partial charge in [-0.1, -0.05) is 34.1 Å². The fraction of sp³-hybridized carbons (Fsp3) is 0.957. The lowest BCUT2D eigenvalue weighted by atomic mass is 9.43. The van der Waals surface area contributed by atoms with E-state index in [0.29, 0.717) is 23.0 Å². The summed E-state index contributed by atoms with van der Waals surface area (Å²) >= 11 is 0. The van der Waals surface area contributed by atoms with Gasteiger partial charge in [-0.2, -0.15) is 0 Å². The summed E-state index contributed by atoms with van der Waals surface area (Å²) in [6.07, 6.45) is 11.3. The molecule has 1 N–H and O–H groups in total. The second-order valence-corrected chi connectivity index (χ2v) is 10.7. The molecule has 2 nitrogen and oxygen atoms in total. The van der Waals surface area contributed by atoms with E-state index < -0.39 is 5.60 Å². The van der Waals surface area contributed by atoms with Crippen molar-refractivity contribution in [1.29, 1.82) is 0 Å². The van der Waals surface area contributed by atoms with Gasteiger partial charge < -0.3 is 5.11 Å². The van der Waals surface area contributed by atoms with Crippen molar-refractivity contribution < 1.29 is 9.90 Å². The lowest BCUT2D eigenvalue weighted by molar-refractivity contribution is -0.162. The van der Waals surface area contributed by atoms with Crippen molar-refractivity contribution in [1.82, 2.24) is 0 Å². The summed E-state index contributed by atoms with van der Waals surface area (Å²) in [4.78, 5) is 12.3. The molecule has 25 heavy (non-hydrogen) atoms. The largest absolute Gasteiger partial charge is 0.389 e. The topological polar surface area (TPSA) is 37.3 Å². The van der Waals surface area contributed by atoms with Gasteiger partial charge >= 0.3 is 0 Å². The average molecular weight is 347 g/mol. The normalized spacial score (nSPS) is 55.4. The molecule has 0 aliphatic heterocycles. The molecular formula is C23H38O2. The molecule has 4 fully saturated rings. The van der Waals surface area contributed by atoms with E-state index in [1.807, 2.05) is 0 Å². The Morgan fingerprint density at radius 2 is 1.80 bits per heavy atom. The number of carbonyl (C=O) groups is 1. The minimum Gasteiger partial charge on any atom is -0.389 e. The fourth-order valence-corrected chi connectivity index (χ4v) is 8.34. The van der Waals surface area contributed by atoms with E-state index in [1.165, 1.54) is 32.1 Å². The predicted molar refractivity (Wildman–Crippen MR) is 101 cm³/mol. The van der Waals surface area contributed by atoms with Crippen molar-refractivity contribution >= 4 is 5.78 Å². The van der Waals surface area contributed by atoms with Crippen molar-refractivity contribution in [2.75, 3.05) is 0 Å². The number of aliphatic hydroxyl groups is 1. The summed E-state index contributed by atoms with van der Waals surface area (Å²) in [5.74, 6) is 3.66. The number of hydrogen-bond acceptors (Lipinski definition) is 2. The molecule has 0 unspecified atom stereocenters. The highest BCUT2D eigenvalue weighted by atomic mass is 16.3. The zero-order valence-corrected chi connectivity index (χ0v) is 16.8. The summed E-state index contributed by atoms with van der Waals surface area (Å²) < 4.78 is 0. The van der Waals surface area contributed by atoms with Gasteiger partial charge in [0.15, 0.2) is 0 Å². The Kier molecular flexibility index (Phi) is 4.19. The molecule has 142 valence electrons. The zero-order chi connectivity index (χ0) is 18.0. The number of Topliss-reactive ketones (excluding diaryl/α,β-unsaturated/α-hetero) is 1. The second kappa shape index (κ2) is 5.81. The van der Waals surface area contributed by atoms with Crippen LogP contribution in [0.15, 0.2) is 0 Å². The molecule has 4 aliphatic carbocycles. The molecule has 0 saturated heterocycles. The Morgan fingerprint density at radius 3 is 2.52 bits per heavy atom. The summed E-state index contributed by atoms with van der Waals surface area (Å²) in [5.41, 5.74) is 0.0669. The van der Waals surface area contributed by atoms with Gasteiger partial charge in [0, 0.05) is 12.3 Å². The van der Waals surface area contributed by atoms with Gasteiger partial charge in [-0.25, -0.2) is 0 Å². The first-order valence-corrected chi connectivity index (χ1v) is 11.0. The molecule has 0 aromatic rings. The first-order chi connectivity index (χ1) is 11.7. The minimum absolute atomic E-state index is 0.128. The van der Waals surface area contributed by atoms with Gasteiger partial charge in [0.25, 0.3) is 0 Å². The maximum absolute atomic E-state index is 12.3. The van der Waals surface area contributed by atoms with Gasteiger partial charge in [0.1, 0.15) is 5.78 Å². The van der Waals surface area contributed by atoms with Crippen LogP contribution in [0.2, 0.25) is 0 Å². The third-order valence-corrected chi connectivity index (χ3v) is 9.79. The highest BCUT2D eigenvalue weighted by Gasteiger charge is 2.64. The van der Waals surface area contributed by atoms with E-state index in [-0.39, 0.29) is 11.3 Å². The van der Waals surface area contributed by atoms with Crippen LogP contribution >= 0.6 is 0 Å². The molecule has 0 bridgehead atoms. The smallest absolute Gasteiger partial charge is 0.136 e. The molecule has 8 atom stereocenters. The molecule has 0 aromatic carbocycles. The molecule has 0 spiro atoms. The SMILES string of the molecule is CCC[C@@]1(O)CC[C@@H]2[C@H]3CC[C@@H]4CC(=O)[C@@H](C)C[C@]4(C)[C@@H]3CC[C@@]21C. The third-order valence-electron chi connectivity index (χ3n) is 9.79. The molecule has 4 saturated carbocycles. The van der Waals surface area contributed by atoms with Crippen molar-refractivity contribution in [3.8, 4) is 0 Å². The third kappa shape index (κ3) is 2.35. The van der Waals surface area contributed by atoms with Crippen molar-refractivity contribution in [3.05, 3.63) is 0 Å². The Morgan fingerprint density at radius 1 is 1.08 bits per heavy atom. The molecule has 0 heterocycles.